The van der Waals surface area contributed by atoms with Gasteiger partial charge in [-0.1, -0.05) is 17.7 Å². The first-order valence-corrected chi connectivity index (χ1v) is 6.32. The van der Waals surface area contributed by atoms with Gasteiger partial charge in [-0.15, -0.1) is 0 Å². The van der Waals surface area contributed by atoms with Crippen LogP contribution in [0.2, 0.25) is 5.02 Å². The molecule has 0 saturated carbocycles. The standard InChI is InChI=1S/C15H11ClF2O3/c1-20-14-4-10(7-19)13(18)6-15(14)21-8-9-2-3-11(16)5-12(9)17/h2-7H,8H2,1H3. The van der Waals surface area contributed by atoms with Crippen LogP contribution in [0.15, 0.2) is 30.3 Å². The molecule has 0 N–H and O–H groups in total. The van der Waals surface area contributed by atoms with Gasteiger partial charge in [0.15, 0.2) is 17.8 Å². The number of methoxy groups -OCH3 is 1. The fraction of sp³-hybridized carbons (Fsp3) is 0.133. The fourth-order valence-corrected chi connectivity index (χ4v) is 1.87. The van der Waals surface area contributed by atoms with Gasteiger partial charge in [-0.05, 0) is 18.2 Å². The van der Waals surface area contributed by atoms with E-state index in [1.54, 1.807) is 0 Å². The number of carbonyl (C=O) groups excluding carboxylic acids is 1. The predicted octanol–water partition coefficient (Wildman–Crippen LogP) is 4.02. The Balaban J connectivity index is 2.23. The van der Waals surface area contributed by atoms with Gasteiger partial charge in [-0.3, -0.25) is 4.79 Å². The maximum absolute atomic E-state index is 13.6. The number of aldehydes is 1. The average molecular weight is 313 g/mol. The highest BCUT2D eigenvalue weighted by Crippen LogP contribution is 2.30. The number of ether oxygens (including phenoxy) is 2. The second-order valence-corrected chi connectivity index (χ2v) is 4.60. The van der Waals surface area contributed by atoms with Gasteiger partial charge in [0.25, 0.3) is 0 Å². The van der Waals surface area contributed by atoms with Crippen LogP contribution in [-0.2, 0) is 6.61 Å². The molecule has 3 nitrogen and oxygen atoms in total. The molecule has 0 unspecified atom stereocenters. The Morgan fingerprint density at radius 2 is 1.90 bits per heavy atom. The summed E-state index contributed by atoms with van der Waals surface area (Å²) < 4.78 is 37.6. The van der Waals surface area contributed by atoms with Crippen LogP contribution in [0, 0.1) is 11.6 Å². The van der Waals surface area contributed by atoms with Crippen LogP contribution in [0.3, 0.4) is 0 Å². The SMILES string of the molecule is COc1cc(C=O)c(F)cc1OCc1ccc(Cl)cc1F. The third-order valence-electron chi connectivity index (χ3n) is 2.81. The van der Waals surface area contributed by atoms with E-state index in [1.165, 1.54) is 25.3 Å². The summed E-state index contributed by atoms with van der Waals surface area (Å²) in [5.41, 5.74) is 0.123. The van der Waals surface area contributed by atoms with Gasteiger partial charge in [-0.2, -0.15) is 0 Å². The van der Waals surface area contributed by atoms with Crippen LogP contribution in [0.1, 0.15) is 15.9 Å². The number of halogens is 3. The molecule has 6 heteroatoms. The van der Waals surface area contributed by atoms with Crippen LogP contribution in [-0.4, -0.2) is 13.4 Å². The Kier molecular flexibility index (Phi) is 4.75. The quantitative estimate of drug-likeness (QED) is 0.782. The zero-order chi connectivity index (χ0) is 15.4. The maximum atomic E-state index is 13.6. The molecule has 0 fully saturated rings. The first-order chi connectivity index (χ1) is 10.0. The minimum Gasteiger partial charge on any atom is -0.493 e. The Bertz CT molecular complexity index is 674. The lowest BCUT2D eigenvalue weighted by atomic mass is 10.2. The lowest BCUT2D eigenvalue weighted by Crippen LogP contribution is -2.01. The van der Waals surface area contributed by atoms with E-state index in [9.17, 15) is 13.6 Å². The summed E-state index contributed by atoms with van der Waals surface area (Å²) in [6.07, 6.45) is 0.375. The summed E-state index contributed by atoms with van der Waals surface area (Å²) in [5, 5.41) is 0.273. The van der Waals surface area contributed by atoms with Crippen molar-refractivity contribution < 1.29 is 23.0 Å². The zero-order valence-electron chi connectivity index (χ0n) is 11.0. The van der Waals surface area contributed by atoms with E-state index in [1.807, 2.05) is 0 Å². The summed E-state index contributed by atoms with van der Waals surface area (Å²) in [6, 6.07) is 6.40. The molecule has 0 radical (unpaired) electrons. The normalized spacial score (nSPS) is 10.3. The van der Waals surface area contributed by atoms with Crippen LogP contribution in [0.25, 0.3) is 0 Å². The maximum Gasteiger partial charge on any atom is 0.164 e. The van der Waals surface area contributed by atoms with Gasteiger partial charge in [0, 0.05) is 16.7 Å². The van der Waals surface area contributed by atoms with Crippen molar-refractivity contribution in [2.24, 2.45) is 0 Å². The van der Waals surface area contributed by atoms with Crippen molar-refractivity contribution >= 4 is 17.9 Å². The molecule has 0 aliphatic heterocycles. The molecule has 0 aliphatic rings. The second-order valence-electron chi connectivity index (χ2n) is 4.17. The summed E-state index contributed by atoms with van der Waals surface area (Å²) in [6.45, 7) is -0.126. The highest BCUT2D eigenvalue weighted by Gasteiger charge is 2.12. The Labute approximate surface area is 125 Å². The summed E-state index contributed by atoms with van der Waals surface area (Å²) in [4.78, 5) is 10.7. The van der Waals surface area contributed by atoms with Crippen molar-refractivity contribution in [3.8, 4) is 11.5 Å². The molecule has 2 aromatic rings. The van der Waals surface area contributed by atoms with Gasteiger partial charge in [0.1, 0.15) is 18.2 Å². The van der Waals surface area contributed by atoms with Gasteiger partial charge in [-0.25, -0.2) is 8.78 Å². The van der Waals surface area contributed by atoms with Crippen molar-refractivity contribution in [3.63, 3.8) is 0 Å². The average Bonchev–Trinajstić information content (AvgIpc) is 2.46. The van der Waals surface area contributed by atoms with E-state index >= 15 is 0 Å². The van der Waals surface area contributed by atoms with Crippen molar-refractivity contribution in [3.05, 3.63) is 58.1 Å². The number of hydrogen-bond acceptors (Lipinski definition) is 3. The highest BCUT2D eigenvalue weighted by molar-refractivity contribution is 6.30. The van der Waals surface area contributed by atoms with Crippen LogP contribution < -0.4 is 9.47 Å². The topological polar surface area (TPSA) is 35.5 Å². The number of rotatable bonds is 5. The fourth-order valence-electron chi connectivity index (χ4n) is 1.71. The van der Waals surface area contributed by atoms with E-state index in [2.05, 4.69) is 0 Å². The van der Waals surface area contributed by atoms with Crippen LogP contribution >= 0.6 is 11.6 Å². The molecule has 110 valence electrons. The van der Waals surface area contributed by atoms with Gasteiger partial charge in [0.05, 0.1) is 12.7 Å². The lowest BCUT2D eigenvalue weighted by Gasteiger charge is -2.12. The minimum atomic E-state index is -0.739. The van der Waals surface area contributed by atoms with Crippen molar-refractivity contribution in [1.29, 1.82) is 0 Å². The minimum absolute atomic E-state index is 0.0787. The summed E-state index contributed by atoms with van der Waals surface area (Å²) >= 11 is 5.65. The molecule has 0 aromatic heterocycles. The third kappa shape index (κ3) is 3.49. The first kappa shape index (κ1) is 15.3. The third-order valence-corrected chi connectivity index (χ3v) is 3.04. The molecule has 0 saturated heterocycles. The molecule has 21 heavy (non-hydrogen) atoms. The van der Waals surface area contributed by atoms with E-state index in [4.69, 9.17) is 21.1 Å². The van der Waals surface area contributed by atoms with Gasteiger partial charge >= 0.3 is 0 Å². The Hall–Kier alpha value is -2.14. The molecule has 0 bridgehead atoms. The van der Waals surface area contributed by atoms with E-state index in [0.29, 0.717) is 6.29 Å². The van der Waals surface area contributed by atoms with Gasteiger partial charge < -0.3 is 9.47 Å². The summed E-state index contributed by atoms with van der Waals surface area (Å²) in [5.74, 6) is -0.994. The first-order valence-electron chi connectivity index (χ1n) is 5.94. The van der Waals surface area contributed by atoms with Crippen LogP contribution in [0.5, 0.6) is 11.5 Å². The molecule has 0 atom stereocenters. The molecule has 2 rings (SSSR count). The van der Waals surface area contributed by atoms with Crippen molar-refractivity contribution in [1.82, 2.24) is 0 Å². The Morgan fingerprint density at radius 1 is 1.14 bits per heavy atom. The lowest BCUT2D eigenvalue weighted by molar-refractivity contribution is 0.111. The number of benzene rings is 2. The number of carbonyl (C=O) groups is 1. The second kappa shape index (κ2) is 6.54. The molecule has 0 spiro atoms. The highest BCUT2D eigenvalue weighted by atomic mass is 35.5. The molecular formula is C15H11ClF2O3. The molecule has 0 amide bonds. The smallest absolute Gasteiger partial charge is 0.164 e. The van der Waals surface area contributed by atoms with E-state index in [-0.39, 0.29) is 34.3 Å². The van der Waals surface area contributed by atoms with Gasteiger partial charge in [0.2, 0.25) is 0 Å². The molecule has 0 aliphatic carbocycles. The summed E-state index contributed by atoms with van der Waals surface area (Å²) in [7, 11) is 1.36. The Morgan fingerprint density at radius 3 is 2.52 bits per heavy atom. The predicted molar refractivity (Wildman–Crippen MR) is 74.1 cm³/mol. The van der Waals surface area contributed by atoms with Crippen molar-refractivity contribution in [2.45, 2.75) is 6.61 Å². The van der Waals surface area contributed by atoms with E-state index in [0.717, 1.165) is 12.1 Å². The van der Waals surface area contributed by atoms with E-state index < -0.39 is 11.6 Å². The van der Waals surface area contributed by atoms with Crippen LogP contribution in [0.4, 0.5) is 8.78 Å². The molecular weight excluding hydrogens is 302 g/mol. The molecule has 0 heterocycles. The van der Waals surface area contributed by atoms with Crippen molar-refractivity contribution in [2.75, 3.05) is 7.11 Å². The largest absolute Gasteiger partial charge is 0.493 e. The molecule has 2 aromatic carbocycles. The number of hydrogen-bond donors (Lipinski definition) is 0. The zero-order valence-corrected chi connectivity index (χ0v) is 11.8. The monoisotopic (exact) mass is 312 g/mol.